The van der Waals surface area contributed by atoms with Crippen LogP contribution in [0.5, 0.6) is 0 Å². The molecule has 2 aliphatic heterocycles. The number of amides is 3. The highest BCUT2D eigenvalue weighted by Crippen LogP contribution is 2.24. The molecule has 0 aliphatic carbocycles. The third-order valence-electron chi connectivity index (χ3n) is 4.79. The van der Waals surface area contributed by atoms with Crippen LogP contribution in [0.2, 0.25) is 0 Å². The van der Waals surface area contributed by atoms with Gasteiger partial charge in [-0.1, -0.05) is 25.1 Å². The Morgan fingerprint density at radius 2 is 1.83 bits per heavy atom. The Labute approximate surface area is 137 Å². The van der Waals surface area contributed by atoms with Gasteiger partial charge in [0.1, 0.15) is 6.04 Å². The molecule has 0 unspecified atom stereocenters. The number of nitrogens with zero attached hydrogens (tertiary/aromatic N) is 2. The van der Waals surface area contributed by atoms with Gasteiger partial charge in [-0.3, -0.25) is 4.79 Å². The summed E-state index contributed by atoms with van der Waals surface area (Å²) in [4.78, 5) is 29.0. The number of carbonyl (C=O) groups is 2. The Balaban J connectivity index is 1.65. The molecule has 5 nitrogen and oxygen atoms in total. The Morgan fingerprint density at radius 3 is 2.57 bits per heavy atom. The Kier molecular flexibility index (Phi) is 4.84. The number of urea groups is 1. The fraction of sp³-hybridized carbons (Fsp3) is 0.556. The number of hydrogen-bond donors (Lipinski definition) is 1. The Morgan fingerprint density at radius 1 is 1.09 bits per heavy atom. The van der Waals surface area contributed by atoms with Crippen LogP contribution in [0.3, 0.4) is 0 Å². The summed E-state index contributed by atoms with van der Waals surface area (Å²) in [5.74, 6) is 0.679. The lowest BCUT2D eigenvalue weighted by molar-refractivity contribution is -0.136. The first-order valence-electron chi connectivity index (χ1n) is 8.56. The molecule has 2 fully saturated rings. The number of benzene rings is 1. The molecule has 23 heavy (non-hydrogen) atoms. The van der Waals surface area contributed by atoms with Crippen LogP contribution >= 0.6 is 0 Å². The van der Waals surface area contributed by atoms with E-state index in [2.05, 4.69) is 12.2 Å². The molecule has 2 saturated heterocycles. The predicted octanol–water partition coefficient (Wildman–Crippen LogP) is 2.94. The molecule has 2 aliphatic rings. The van der Waals surface area contributed by atoms with Crippen molar-refractivity contribution in [2.45, 2.75) is 38.6 Å². The van der Waals surface area contributed by atoms with Gasteiger partial charge in [-0.15, -0.1) is 0 Å². The molecule has 1 aromatic carbocycles. The molecule has 0 aromatic heterocycles. The molecule has 0 bridgehead atoms. The molecule has 1 N–H and O–H groups in total. The number of hydrogen-bond acceptors (Lipinski definition) is 2. The van der Waals surface area contributed by atoms with Gasteiger partial charge in [0, 0.05) is 25.3 Å². The maximum atomic E-state index is 12.8. The van der Waals surface area contributed by atoms with E-state index in [1.165, 1.54) is 6.42 Å². The highest BCUT2D eigenvalue weighted by atomic mass is 16.2. The highest BCUT2D eigenvalue weighted by Gasteiger charge is 2.37. The van der Waals surface area contributed by atoms with Crippen molar-refractivity contribution in [3.63, 3.8) is 0 Å². The van der Waals surface area contributed by atoms with E-state index in [0.717, 1.165) is 38.0 Å². The first kappa shape index (κ1) is 15.8. The number of carbonyl (C=O) groups excluding carboxylic acids is 2. The van der Waals surface area contributed by atoms with Crippen LogP contribution in [0.25, 0.3) is 0 Å². The topological polar surface area (TPSA) is 52.7 Å². The monoisotopic (exact) mass is 315 g/mol. The van der Waals surface area contributed by atoms with Crippen LogP contribution < -0.4 is 5.32 Å². The number of likely N-dealkylation sites (tertiary alicyclic amines) is 2. The van der Waals surface area contributed by atoms with Crippen LogP contribution in [-0.4, -0.2) is 47.4 Å². The summed E-state index contributed by atoms with van der Waals surface area (Å²) in [6.45, 7) is 4.49. The zero-order valence-corrected chi connectivity index (χ0v) is 13.7. The van der Waals surface area contributed by atoms with Gasteiger partial charge < -0.3 is 15.1 Å². The smallest absolute Gasteiger partial charge is 0.322 e. The standard InChI is InChI=1S/C18H25N3O2/c1-14-7-5-11-20(13-14)17(22)16-10-6-12-21(16)18(23)19-15-8-3-2-4-9-15/h2-4,8-9,14,16H,5-7,10-13H2,1H3,(H,19,23)/t14-,16+/m1/s1. The number of para-hydroxylation sites is 1. The second kappa shape index (κ2) is 7.02. The minimum atomic E-state index is -0.302. The maximum absolute atomic E-state index is 12.8. The Hall–Kier alpha value is -2.04. The second-order valence-electron chi connectivity index (χ2n) is 6.68. The average Bonchev–Trinajstić information content (AvgIpc) is 3.05. The van der Waals surface area contributed by atoms with E-state index in [9.17, 15) is 9.59 Å². The van der Waals surface area contributed by atoms with Gasteiger partial charge in [0.2, 0.25) is 5.91 Å². The minimum absolute atomic E-state index is 0.122. The summed E-state index contributed by atoms with van der Waals surface area (Å²) in [5.41, 5.74) is 0.766. The lowest BCUT2D eigenvalue weighted by atomic mass is 9.99. The minimum Gasteiger partial charge on any atom is -0.341 e. The van der Waals surface area contributed by atoms with Crippen LogP contribution in [0, 0.1) is 5.92 Å². The van der Waals surface area contributed by atoms with Crippen LogP contribution in [0.4, 0.5) is 10.5 Å². The predicted molar refractivity (Wildman–Crippen MR) is 90.2 cm³/mol. The van der Waals surface area contributed by atoms with Gasteiger partial charge in [-0.2, -0.15) is 0 Å². The molecule has 3 rings (SSSR count). The first-order chi connectivity index (χ1) is 11.1. The number of nitrogens with one attached hydrogen (secondary N) is 1. The highest BCUT2D eigenvalue weighted by molar-refractivity contribution is 5.94. The van der Waals surface area contributed by atoms with E-state index in [0.29, 0.717) is 12.5 Å². The normalized spacial score (nSPS) is 24.6. The summed E-state index contributed by atoms with van der Waals surface area (Å²) in [5, 5.41) is 2.90. The molecule has 5 heteroatoms. The molecular weight excluding hydrogens is 290 g/mol. The number of anilines is 1. The van der Waals surface area contributed by atoms with Crippen molar-refractivity contribution < 1.29 is 9.59 Å². The SMILES string of the molecule is C[C@@H]1CCCN(C(=O)[C@@H]2CCCN2C(=O)Nc2ccccc2)C1. The summed E-state index contributed by atoms with van der Waals surface area (Å²) < 4.78 is 0. The van der Waals surface area contributed by atoms with Crippen molar-refractivity contribution in [2.75, 3.05) is 25.0 Å². The van der Waals surface area contributed by atoms with Crippen LogP contribution in [0.1, 0.15) is 32.6 Å². The van der Waals surface area contributed by atoms with E-state index in [4.69, 9.17) is 0 Å². The zero-order chi connectivity index (χ0) is 16.2. The molecule has 0 radical (unpaired) electrons. The van der Waals surface area contributed by atoms with Gasteiger partial charge in [0.25, 0.3) is 0 Å². The molecule has 0 spiro atoms. The van der Waals surface area contributed by atoms with Crippen molar-refractivity contribution >= 4 is 17.6 Å². The third-order valence-corrected chi connectivity index (χ3v) is 4.79. The maximum Gasteiger partial charge on any atom is 0.322 e. The van der Waals surface area contributed by atoms with E-state index < -0.39 is 0 Å². The van der Waals surface area contributed by atoms with E-state index >= 15 is 0 Å². The zero-order valence-electron chi connectivity index (χ0n) is 13.7. The lowest BCUT2D eigenvalue weighted by Gasteiger charge is -2.35. The van der Waals surface area contributed by atoms with Gasteiger partial charge in [0.15, 0.2) is 0 Å². The molecule has 3 amide bonds. The van der Waals surface area contributed by atoms with Crippen molar-refractivity contribution in [3.05, 3.63) is 30.3 Å². The molecule has 2 heterocycles. The summed E-state index contributed by atoms with van der Waals surface area (Å²) in [6.07, 6.45) is 3.91. The largest absolute Gasteiger partial charge is 0.341 e. The summed E-state index contributed by atoms with van der Waals surface area (Å²) in [7, 11) is 0. The molecule has 124 valence electrons. The van der Waals surface area contributed by atoms with Crippen molar-refractivity contribution in [2.24, 2.45) is 5.92 Å². The fourth-order valence-corrected chi connectivity index (χ4v) is 3.58. The summed E-state index contributed by atoms with van der Waals surface area (Å²) in [6, 6.07) is 8.93. The third kappa shape index (κ3) is 3.66. The molecule has 1 aromatic rings. The van der Waals surface area contributed by atoms with Crippen molar-refractivity contribution in [3.8, 4) is 0 Å². The van der Waals surface area contributed by atoms with E-state index in [1.54, 1.807) is 4.90 Å². The first-order valence-corrected chi connectivity index (χ1v) is 8.56. The van der Waals surface area contributed by atoms with Gasteiger partial charge in [-0.25, -0.2) is 4.79 Å². The van der Waals surface area contributed by atoms with Gasteiger partial charge in [-0.05, 0) is 43.7 Å². The second-order valence-corrected chi connectivity index (χ2v) is 6.68. The van der Waals surface area contributed by atoms with Crippen molar-refractivity contribution in [1.29, 1.82) is 0 Å². The van der Waals surface area contributed by atoms with Crippen molar-refractivity contribution in [1.82, 2.24) is 9.80 Å². The van der Waals surface area contributed by atoms with Gasteiger partial charge >= 0.3 is 6.03 Å². The number of rotatable bonds is 2. The lowest BCUT2D eigenvalue weighted by Crippen LogP contribution is -2.51. The summed E-state index contributed by atoms with van der Waals surface area (Å²) >= 11 is 0. The van der Waals surface area contributed by atoms with E-state index in [1.807, 2.05) is 35.2 Å². The van der Waals surface area contributed by atoms with Gasteiger partial charge in [0.05, 0.1) is 0 Å². The molecule has 2 atom stereocenters. The quantitative estimate of drug-likeness (QED) is 0.912. The fourth-order valence-electron chi connectivity index (χ4n) is 3.58. The van der Waals surface area contributed by atoms with Crippen LogP contribution in [0.15, 0.2) is 30.3 Å². The Bertz CT molecular complexity index is 561. The van der Waals surface area contributed by atoms with Crippen LogP contribution in [-0.2, 0) is 4.79 Å². The molecular formula is C18H25N3O2. The average molecular weight is 315 g/mol. The van der Waals surface area contributed by atoms with E-state index in [-0.39, 0.29) is 18.0 Å². The number of piperidine rings is 1. The molecule has 0 saturated carbocycles.